The quantitative estimate of drug-likeness (QED) is 0.296. The summed E-state index contributed by atoms with van der Waals surface area (Å²) in [7, 11) is 0. The number of nitrogens with zero attached hydrogens (tertiary/aromatic N) is 5. The van der Waals surface area contributed by atoms with Gasteiger partial charge in [-0.05, 0) is 56.5 Å². The average Bonchev–Trinajstić information content (AvgIpc) is 3.33. The van der Waals surface area contributed by atoms with Crippen molar-refractivity contribution in [3.05, 3.63) is 71.2 Å². The Balaban J connectivity index is 1.81. The third-order valence-electron chi connectivity index (χ3n) is 6.00. The maximum absolute atomic E-state index is 9.33. The van der Waals surface area contributed by atoms with Crippen molar-refractivity contribution in [2.45, 2.75) is 33.7 Å². The first-order valence-corrected chi connectivity index (χ1v) is 10.4. The molecule has 3 aromatic heterocycles. The minimum Gasteiger partial charge on any atom is -0.361 e. The second-order valence-electron chi connectivity index (χ2n) is 8.00. The molecule has 0 radical (unpaired) electrons. The van der Waals surface area contributed by atoms with Crippen LogP contribution in [-0.2, 0) is 0 Å². The molecule has 7 heteroatoms. The van der Waals surface area contributed by atoms with E-state index in [2.05, 4.69) is 63.1 Å². The highest BCUT2D eigenvalue weighted by atomic mass is 16.5. The highest BCUT2D eigenvalue weighted by Gasteiger charge is 2.21. The van der Waals surface area contributed by atoms with Crippen molar-refractivity contribution < 1.29 is 4.52 Å². The Hall–Kier alpha value is -4.18. The van der Waals surface area contributed by atoms with Crippen LogP contribution in [0.25, 0.3) is 33.1 Å². The molecule has 7 nitrogen and oxygen atoms in total. The number of nitriles is 1. The molecule has 1 atom stereocenters. The molecule has 0 fully saturated rings. The first kappa shape index (κ1) is 19.8. The molecular formula is C25H22N6O. The fourth-order valence-corrected chi connectivity index (χ4v) is 4.46. The number of aromatic nitrogens is 4. The number of aryl methyl sites for hydroxylation is 3. The molecule has 0 aliphatic carbocycles. The Bertz CT molecular complexity index is 1490. The van der Waals surface area contributed by atoms with E-state index in [-0.39, 0.29) is 6.04 Å². The van der Waals surface area contributed by atoms with Gasteiger partial charge in [0, 0.05) is 10.9 Å². The van der Waals surface area contributed by atoms with Gasteiger partial charge < -0.3 is 9.09 Å². The summed E-state index contributed by atoms with van der Waals surface area (Å²) in [4.78, 5) is 9.36. The van der Waals surface area contributed by atoms with E-state index in [0.29, 0.717) is 5.95 Å². The molecule has 0 saturated heterocycles. The molecule has 0 aliphatic rings. The second kappa shape index (κ2) is 7.50. The summed E-state index contributed by atoms with van der Waals surface area (Å²) in [5.41, 5.74) is 7.66. The maximum atomic E-state index is 9.33. The Morgan fingerprint density at radius 1 is 1.09 bits per heavy atom. The molecule has 2 aromatic carbocycles. The molecule has 0 bridgehead atoms. The van der Waals surface area contributed by atoms with Crippen LogP contribution < -0.4 is 5.32 Å². The monoisotopic (exact) mass is 422 g/mol. The molecule has 0 aliphatic heterocycles. The van der Waals surface area contributed by atoms with E-state index in [1.807, 2.05) is 38.2 Å². The van der Waals surface area contributed by atoms with Crippen LogP contribution in [0.15, 0.2) is 53.2 Å². The van der Waals surface area contributed by atoms with Crippen LogP contribution in [-0.4, -0.2) is 19.7 Å². The van der Waals surface area contributed by atoms with E-state index in [1.54, 1.807) is 6.20 Å². The van der Waals surface area contributed by atoms with Crippen molar-refractivity contribution in [2.75, 3.05) is 5.32 Å². The number of hydrogen-bond acceptors (Lipinski definition) is 6. The number of hydrogen-bond donors (Lipinski definition) is 1. The SMILES string of the molecule is Cc1cc2c(cc1-c1c(C)noc1C)ncc1nc(NC#N)n([C@H](C)c3ccccc3)c12. The van der Waals surface area contributed by atoms with Gasteiger partial charge >= 0.3 is 0 Å². The van der Waals surface area contributed by atoms with Crippen molar-refractivity contribution in [3.8, 4) is 17.3 Å². The number of benzene rings is 2. The third kappa shape index (κ3) is 3.00. The third-order valence-corrected chi connectivity index (χ3v) is 6.00. The number of imidazole rings is 1. The minimum atomic E-state index is -0.0369. The van der Waals surface area contributed by atoms with Gasteiger partial charge in [0.2, 0.25) is 5.95 Å². The highest BCUT2D eigenvalue weighted by molar-refractivity contribution is 6.05. The van der Waals surface area contributed by atoms with Gasteiger partial charge in [-0.25, -0.2) is 4.98 Å². The number of nitrogens with one attached hydrogen (secondary N) is 1. The minimum absolute atomic E-state index is 0.0369. The molecule has 3 heterocycles. The Morgan fingerprint density at radius 3 is 2.56 bits per heavy atom. The number of rotatable bonds is 4. The van der Waals surface area contributed by atoms with Crippen molar-refractivity contribution in [3.63, 3.8) is 0 Å². The zero-order valence-corrected chi connectivity index (χ0v) is 18.3. The van der Waals surface area contributed by atoms with E-state index in [9.17, 15) is 5.26 Å². The van der Waals surface area contributed by atoms with E-state index >= 15 is 0 Å². The first-order chi connectivity index (χ1) is 15.5. The fraction of sp³-hybridized carbons (Fsp3) is 0.200. The van der Waals surface area contributed by atoms with Gasteiger partial charge in [-0.1, -0.05) is 35.5 Å². The largest absolute Gasteiger partial charge is 0.361 e. The zero-order chi connectivity index (χ0) is 22.4. The molecule has 0 saturated carbocycles. The summed E-state index contributed by atoms with van der Waals surface area (Å²) in [6, 6.07) is 14.4. The van der Waals surface area contributed by atoms with Gasteiger partial charge in [-0.3, -0.25) is 10.3 Å². The Labute approximate surface area is 185 Å². The molecule has 5 rings (SSSR count). The van der Waals surface area contributed by atoms with Crippen molar-refractivity contribution in [1.82, 2.24) is 19.7 Å². The van der Waals surface area contributed by atoms with E-state index in [4.69, 9.17) is 4.52 Å². The smallest absolute Gasteiger partial charge is 0.217 e. The van der Waals surface area contributed by atoms with Crippen LogP contribution in [0.3, 0.4) is 0 Å². The number of fused-ring (bicyclic) bond motifs is 3. The Morgan fingerprint density at radius 2 is 1.88 bits per heavy atom. The zero-order valence-electron chi connectivity index (χ0n) is 18.3. The molecule has 0 amide bonds. The van der Waals surface area contributed by atoms with Gasteiger partial charge in [-0.15, -0.1) is 0 Å². The van der Waals surface area contributed by atoms with Gasteiger partial charge in [0.15, 0.2) is 6.19 Å². The lowest BCUT2D eigenvalue weighted by molar-refractivity contribution is 0.393. The lowest BCUT2D eigenvalue weighted by atomic mass is 9.96. The summed E-state index contributed by atoms with van der Waals surface area (Å²) in [5.74, 6) is 1.29. The molecule has 5 aromatic rings. The van der Waals surface area contributed by atoms with Crippen molar-refractivity contribution in [1.29, 1.82) is 5.26 Å². The predicted molar refractivity (Wildman–Crippen MR) is 124 cm³/mol. The standard InChI is InChI=1S/C25H22N6O/c1-14-10-20-21(11-19(14)23-15(2)30-32-17(23)4)27-12-22-24(20)31(25(29-22)28-13-26)16(3)18-8-6-5-7-9-18/h5-12,16H,1-4H3,(H,28,29)/t16-/m1/s1. The molecule has 1 N–H and O–H groups in total. The second-order valence-corrected chi connectivity index (χ2v) is 8.00. The maximum Gasteiger partial charge on any atom is 0.217 e. The predicted octanol–water partition coefficient (Wildman–Crippen LogP) is 5.67. The van der Waals surface area contributed by atoms with Gasteiger partial charge in [0.1, 0.15) is 11.3 Å². The molecule has 0 unspecified atom stereocenters. The lowest BCUT2D eigenvalue weighted by Crippen LogP contribution is -2.10. The summed E-state index contributed by atoms with van der Waals surface area (Å²) >= 11 is 0. The molecular weight excluding hydrogens is 400 g/mol. The molecule has 0 spiro atoms. The first-order valence-electron chi connectivity index (χ1n) is 10.4. The van der Waals surface area contributed by atoms with Gasteiger partial charge in [-0.2, -0.15) is 5.26 Å². The van der Waals surface area contributed by atoms with E-state index in [0.717, 1.165) is 55.6 Å². The van der Waals surface area contributed by atoms with Gasteiger partial charge in [0.25, 0.3) is 0 Å². The van der Waals surface area contributed by atoms with Gasteiger partial charge in [0.05, 0.1) is 29.0 Å². The van der Waals surface area contributed by atoms with E-state index in [1.165, 1.54) is 0 Å². The fourth-order valence-electron chi connectivity index (χ4n) is 4.46. The summed E-state index contributed by atoms with van der Waals surface area (Å²) < 4.78 is 7.47. The van der Waals surface area contributed by atoms with Crippen molar-refractivity contribution >= 4 is 27.9 Å². The van der Waals surface area contributed by atoms with Crippen LogP contribution in [0.4, 0.5) is 5.95 Å². The normalized spacial score (nSPS) is 12.2. The lowest BCUT2D eigenvalue weighted by Gasteiger charge is -2.18. The van der Waals surface area contributed by atoms with Crippen LogP contribution in [0.2, 0.25) is 0 Å². The Kier molecular flexibility index (Phi) is 4.63. The van der Waals surface area contributed by atoms with Crippen LogP contribution in [0.1, 0.15) is 35.5 Å². The topological polar surface area (TPSA) is 92.6 Å². The highest BCUT2D eigenvalue weighted by Crippen LogP contribution is 2.37. The van der Waals surface area contributed by atoms with Crippen LogP contribution >= 0.6 is 0 Å². The summed E-state index contributed by atoms with van der Waals surface area (Å²) in [6.07, 6.45) is 3.78. The molecule has 32 heavy (non-hydrogen) atoms. The van der Waals surface area contributed by atoms with E-state index < -0.39 is 0 Å². The molecule has 158 valence electrons. The summed E-state index contributed by atoms with van der Waals surface area (Å²) in [6.45, 7) is 8.06. The summed E-state index contributed by atoms with van der Waals surface area (Å²) in [5, 5.41) is 17.2. The average molecular weight is 422 g/mol. The van der Waals surface area contributed by atoms with Crippen LogP contribution in [0.5, 0.6) is 0 Å². The number of anilines is 1. The van der Waals surface area contributed by atoms with Crippen LogP contribution in [0, 0.1) is 32.2 Å². The van der Waals surface area contributed by atoms with Crippen molar-refractivity contribution in [2.24, 2.45) is 0 Å². The number of pyridine rings is 1.